The summed E-state index contributed by atoms with van der Waals surface area (Å²) in [6.45, 7) is 11.0. The van der Waals surface area contributed by atoms with Crippen molar-refractivity contribution in [3.05, 3.63) is 137 Å². The predicted octanol–water partition coefficient (Wildman–Crippen LogP) is 7.93. The quantitative estimate of drug-likeness (QED) is 0.357. The van der Waals surface area contributed by atoms with Gasteiger partial charge in [0, 0.05) is 42.7 Å². The van der Waals surface area contributed by atoms with Gasteiger partial charge in [0.15, 0.2) is 0 Å². The van der Waals surface area contributed by atoms with E-state index in [1.165, 1.54) is 44.8 Å². The second-order valence-corrected chi connectivity index (χ2v) is 10.3. The highest BCUT2D eigenvalue weighted by Crippen LogP contribution is 2.50. The molecule has 1 heterocycles. The summed E-state index contributed by atoms with van der Waals surface area (Å²) in [5.74, 6) is 1.14. The van der Waals surface area contributed by atoms with E-state index in [0.29, 0.717) is 11.7 Å². The van der Waals surface area contributed by atoms with E-state index in [1.807, 2.05) is 0 Å². The van der Waals surface area contributed by atoms with Gasteiger partial charge in [-0.05, 0) is 71.2 Å². The van der Waals surface area contributed by atoms with Crippen LogP contribution in [-0.4, -0.2) is 21.2 Å². The molecule has 3 aromatic carbocycles. The van der Waals surface area contributed by atoms with Gasteiger partial charge in [-0.15, -0.1) is 0 Å². The highest BCUT2D eigenvalue weighted by Gasteiger charge is 2.37. The van der Waals surface area contributed by atoms with Gasteiger partial charge in [-0.1, -0.05) is 79.9 Å². The molecule has 0 aromatic heterocycles. The minimum Gasteiger partial charge on any atom is -0.497 e. The van der Waals surface area contributed by atoms with Crippen LogP contribution in [0.5, 0.6) is 0 Å². The van der Waals surface area contributed by atoms with E-state index >= 15 is 0 Å². The number of hydrogen-bond acceptors (Lipinski definition) is 3. The lowest BCUT2D eigenvalue weighted by molar-refractivity contribution is 0.297. The number of anilines is 1. The first-order valence-corrected chi connectivity index (χ1v) is 12.9. The molecule has 1 aliphatic heterocycles. The molecule has 1 aliphatic carbocycles. The van der Waals surface area contributed by atoms with Gasteiger partial charge in [-0.2, -0.15) is 0 Å². The second kappa shape index (κ2) is 10.2. The Morgan fingerprint density at radius 2 is 1.49 bits per heavy atom. The number of allylic oxidation sites excluding steroid dienone is 5. The van der Waals surface area contributed by atoms with Crippen LogP contribution in [0.1, 0.15) is 42.7 Å². The van der Waals surface area contributed by atoms with Crippen LogP contribution < -0.4 is 10.2 Å². The molecule has 5 rings (SSSR count). The summed E-state index contributed by atoms with van der Waals surface area (Å²) in [5, 5.41) is 3.73. The summed E-state index contributed by atoms with van der Waals surface area (Å²) in [6, 6.07) is 28.4. The fourth-order valence-corrected chi connectivity index (χ4v) is 5.79. The fourth-order valence-electron chi connectivity index (χ4n) is 5.79. The number of rotatable bonds is 6. The Balaban J connectivity index is 1.53. The summed E-state index contributed by atoms with van der Waals surface area (Å²) < 4.78 is 5.69. The average molecular weight is 489 g/mol. The summed E-state index contributed by atoms with van der Waals surface area (Å²) in [5.41, 5.74) is 12.2. The molecule has 0 saturated carbocycles. The Labute approximate surface area is 221 Å². The summed E-state index contributed by atoms with van der Waals surface area (Å²) in [4.78, 5) is 2.14. The van der Waals surface area contributed by atoms with E-state index in [-0.39, 0.29) is 5.92 Å². The Bertz CT molecular complexity index is 1380. The first-order valence-electron chi connectivity index (χ1n) is 12.9. The van der Waals surface area contributed by atoms with Gasteiger partial charge >= 0.3 is 0 Å². The summed E-state index contributed by atoms with van der Waals surface area (Å²) in [6.07, 6.45) is 1.89. The molecule has 2 unspecified atom stereocenters. The number of benzene rings is 3. The molecule has 3 nitrogen and oxygen atoms in total. The maximum absolute atomic E-state index is 5.69. The van der Waals surface area contributed by atoms with Gasteiger partial charge in [0.2, 0.25) is 0 Å². The monoisotopic (exact) mass is 488 g/mol. The molecule has 0 saturated heterocycles. The van der Waals surface area contributed by atoms with E-state index in [1.54, 1.807) is 7.11 Å². The number of ether oxygens (including phenoxy) is 1. The zero-order valence-corrected chi connectivity index (χ0v) is 22.3. The Hall–Kier alpha value is -3.98. The molecule has 188 valence electrons. The summed E-state index contributed by atoms with van der Waals surface area (Å²) >= 11 is 0. The van der Waals surface area contributed by atoms with E-state index < -0.39 is 0 Å². The van der Waals surface area contributed by atoms with E-state index in [2.05, 4.69) is 123 Å². The molecule has 0 fully saturated rings. The third kappa shape index (κ3) is 4.74. The Morgan fingerprint density at radius 1 is 0.865 bits per heavy atom. The van der Waals surface area contributed by atoms with Crippen LogP contribution in [0.25, 0.3) is 11.1 Å². The fraction of sp³-hybridized carbons (Fsp3) is 0.235. The van der Waals surface area contributed by atoms with Crippen LogP contribution in [0, 0.1) is 0 Å². The number of methoxy groups -OCH3 is 1. The number of nitrogens with zero attached hydrogens (tertiary/aromatic N) is 1. The van der Waals surface area contributed by atoms with Crippen molar-refractivity contribution in [1.82, 2.24) is 5.32 Å². The maximum atomic E-state index is 5.69. The van der Waals surface area contributed by atoms with Crippen molar-refractivity contribution in [2.45, 2.75) is 31.6 Å². The Morgan fingerprint density at radius 3 is 2.11 bits per heavy atom. The van der Waals surface area contributed by atoms with Crippen molar-refractivity contribution in [2.75, 3.05) is 26.1 Å². The van der Waals surface area contributed by atoms with Crippen molar-refractivity contribution >= 4 is 5.69 Å². The van der Waals surface area contributed by atoms with Crippen LogP contribution in [0.4, 0.5) is 5.69 Å². The molecular weight excluding hydrogens is 452 g/mol. The normalized spacial score (nSPS) is 19.3. The molecule has 0 spiro atoms. The lowest BCUT2D eigenvalue weighted by Crippen LogP contribution is -2.31. The van der Waals surface area contributed by atoms with Gasteiger partial charge in [0.05, 0.1) is 7.11 Å². The topological polar surface area (TPSA) is 24.5 Å². The SMILES string of the molecule is C=C1CC(c2ccc(N(C)C)cc2)CC2=C1C(c1ccc(-c3ccccc3)cc1)C(C(=C)OC)=C(C)N2. The third-order valence-corrected chi connectivity index (χ3v) is 7.75. The molecule has 0 amide bonds. The van der Waals surface area contributed by atoms with Gasteiger partial charge in [-0.3, -0.25) is 0 Å². The lowest BCUT2D eigenvalue weighted by atomic mass is 9.70. The zero-order valence-electron chi connectivity index (χ0n) is 22.3. The van der Waals surface area contributed by atoms with Crippen LogP contribution in [-0.2, 0) is 4.74 Å². The number of hydrogen-bond donors (Lipinski definition) is 1. The average Bonchev–Trinajstić information content (AvgIpc) is 2.92. The molecule has 3 aromatic rings. The standard InChI is InChI=1S/C34H36N2O/c1-22-20-29(27-16-18-30(19-17-27)36(4)5)21-31-32(22)34(33(23(2)35-31)24(3)37-6)28-14-12-26(13-15-28)25-10-8-7-9-11-25/h7-19,29,34-35H,1,3,20-21H2,2,4-6H3. The molecule has 0 radical (unpaired) electrons. The van der Waals surface area contributed by atoms with Crippen molar-refractivity contribution in [1.29, 1.82) is 0 Å². The first kappa shape index (κ1) is 24.7. The molecule has 37 heavy (non-hydrogen) atoms. The Kier molecular flexibility index (Phi) is 6.80. The van der Waals surface area contributed by atoms with Gasteiger partial charge in [0.1, 0.15) is 5.76 Å². The molecule has 2 aliphatic rings. The van der Waals surface area contributed by atoms with Gasteiger partial charge < -0.3 is 15.0 Å². The molecule has 2 atom stereocenters. The predicted molar refractivity (Wildman–Crippen MR) is 156 cm³/mol. The first-order chi connectivity index (χ1) is 17.9. The van der Waals surface area contributed by atoms with Gasteiger partial charge in [-0.25, -0.2) is 0 Å². The molecule has 0 bridgehead atoms. The minimum atomic E-state index is 0.0399. The van der Waals surface area contributed by atoms with Crippen LogP contribution in [0.2, 0.25) is 0 Å². The number of dihydropyridines is 1. The molecule has 1 N–H and O–H groups in total. The lowest BCUT2D eigenvalue weighted by Gasteiger charge is -2.39. The second-order valence-electron chi connectivity index (χ2n) is 10.3. The minimum absolute atomic E-state index is 0.0399. The largest absolute Gasteiger partial charge is 0.497 e. The van der Waals surface area contributed by atoms with Crippen molar-refractivity contribution in [3.8, 4) is 11.1 Å². The smallest absolute Gasteiger partial charge is 0.117 e. The zero-order chi connectivity index (χ0) is 26.1. The molecular formula is C34H36N2O. The van der Waals surface area contributed by atoms with Crippen molar-refractivity contribution < 1.29 is 4.74 Å². The van der Waals surface area contributed by atoms with Crippen LogP contribution in [0.15, 0.2) is 126 Å². The van der Waals surface area contributed by atoms with Gasteiger partial charge in [0.25, 0.3) is 0 Å². The maximum Gasteiger partial charge on any atom is 0.117 e. The molecule has 3 heteroatoms. The summed E-state index contributed by atoms with van der Waals surface area (Å²) in [7, 11) is 5.85. The van der Waals surface area contributed by atoms with Crippen LogP contribution in [0.3, 0.4) is 0 Å². The van der Waals surface area contributed by atoms with Crippen molar-refractivity contribution in [3.63, 3.8) is 0 Å². The van der Waals surface area contributed by atoms with E-state index in [0.717, 1.165) is 24.1 Å². The highest BCUT2D eigenvalue weighted by molar-refractivity contribution is 5.65. The number of nitrogens with one attached hydrogen (secondary N) is 1. The van der Waals surface area contributed by atoms with E-state index in [9.17, 15) is 0 Å². The van der Waals surface area contributed by atoms with Crippen molar-refractivity contribution in [2.24, 2.45) is 0 Å². The van der Waals surface area contributed by atoms with E-state index in [4.69, 9.17) is 4.74 Å². The highest BCUT2D eigenvalue weighted by atomic mass is 16.5. The third-order valence-electron chi connectivity index (χ3n) is 7.75. The van der Waals surface area contributed by atoms with Crippen LogP contribution >= 0.6 is 0 Å².